The van der Waals surface area contributed by atoms with E-state index in [0.717, 1.165) is 21.3 Å². The number of benzene rings is 2. The van der Waals surface area contributed by atoms with Crippen LogP contribution in [0.5, 0.6) is 11.5 Å². The molecular weight excluding hydrogens is 424 g/mol. The quantitative estimate of drug-likeness (QED) is 0.797. The normalized spacial score (nSPS) is 17.4. The van der Waals surface area contributed by atoms with Crippen LogP contribution in [0, 0.1) is 0 Å². The fourth-order valence-electron chi connectivity index (χ4n) is 3.17. The van der Waals surface area contributed by atoms with Crippen molar-refractivity contribution >= 4 is 45.0 Å². The molecule has 6 nitrogen and oxygen atoms in total. The summed E-state index contributed by atoms with van der Waals surface area (Å²) >= 11 is 9.77. The third-order valence-electron chi connectivity index (χ3n) is 4.32. The SMILES string of the molecule is CC(=O)N[C@H]1C(=O)N(Cc2cc3c(cc2Cl)OCO3)c2ccc(Br)cc21. The number of nitrogens with zero attached hydrogens (tertiary/aromatic N) is 1. The predicted octanol–water partition coefficient (Wildman–Crippen LogP) is 3.56. The number of halogens is 2. The minimum absolute atomic E-state index is 0.152. The summed E-state index contributed by atoms with van der Waals surface area (Å²) in [5, 5.41) is 3.21. The molecule has 1 atom stereocenters. The van der Waals surface area contributed by atoms with Gasteiger partial charge in [-0.3, -0.25) is 9.59 Å². The second-order valence-electron chi connectivity index (χ2n) is 6.06. The molecule has 2 heterocycles. The van der Waals surface area contributed by atoms with E-state index in [1.54, 1.807) is 17.0 Å². The van der Waals surface area contributed by atoms with Crippen LogP contribution < -0.4 is 19.7 Å². The molecule has 0 aromatic heterocycles. The van der Waals surface area contributed by atoms with Crippen LogP contribution in [-0.4, -0.2) is 18.6 Å². The number of carbonyl (C=O) groups excluding carboxylic acids is 2. The molecule has 0 fully saturated rings. The van der Waals surface area contributed by atoms with Crippen LogP contribution in [0.15, 0.2) is 34.8 Å². The number of hydrogen-bond donors (Lipinski definition) is 1. The van der Waals surface area contributed by atoms with Crippen molar-refractivity contribution in [3.63, 3.8) is 0 Å². The van der Waals surface area contributed by atoms with Gasteiger partial charge in [0.25, 0.3) is 5.91 Å². The second-order valence-corrected chi connectivity index (χ2v) is 7.38. The average molecular weight is 438 g/mol. The highest BCUT2D eigenvalue weighted by Gasteiger charge is 2.38. The highest BCUT2D eigenvalue weighted by Crippen LogP contribution is 2.41. The number of hydrogen-bond acceptors (Lipinski definition) is 4. The van der Waals surface area contributed by atoms with Gasteiger partial charge in [-0.25, -0.2) is 0 Å². The zero-order chi connectivity index (χ0) is 18.4. The Labute approximate surface area is 163 Å². The van der Waals surface area contributed by atoms with Crippen LogP contribution in [0.3, 0.4) is 0 Å². The molecule has 2 amide bonds. The molecule has 26 heavy (non-hydrogen) atoms. The first kappa shape index (κ1) is 17.2. The van der Waals surface area contributed by atoms with Gasteiger partial charge in [0.2, 0.25) is 12.7 Å². The Kier molecular flexibility index (Phi) is 4.28. The van der Waals surface area contributed by atoms with Crippen LogP contribution in [0.2, 0.25) is 5.02 Å². The molecule has 8 heteroatoms. The molecule has 2 aliphatic heterocycles. The van der Waals surface area contributed by atoms with E-state index in [4.69, 9.17) is 21.1 Å². The molecule has 1 N–H and O–H groups in total. The van der Waals surface area contributed by atoms with E-state index in [2.05, 4.69) is 21.2 Å². The number of ether oxygens (including phenoxy) is 2. The van der Waals surface area contributed by atoms with E-state index in [9.17, 15) is 9.59 Å². The van der Waals surface area contributed by atoms with E-state index < -0.39 is 6.04 Å². The van der Waals surface area contributed by atoms with Gasteiger partial charge in [0.1, 0.15) is 6.04 Å². The first-order chi connectivity index (χ1) is 12.4. The smallest absolute Gasteiger partial charge is 0.254 e. The Morgan fingerprint density at radius 2 is 2.04 bits per heavy atom. The lowest BCUT2D eigenvalue weighted by Crippen LogP contribution is -2.36. The molecule has 0 bridgehead atoms. The van der Waals surface area contributed by atoms with Crippen molar-refractivity contribution in [1.29, 1.82) is 0 Å². The van der Waals surface area contributed by atoms with Gasteiger partial charge in [-0.2, -0.15) is 0 Å². The first-order valence-electron chi connectivity index (χ1n) is 7.90. The summed E-state index contributed by atoms with van der Waals surface area (Å²) < 4.78 is 11.5. The number of nitrogens with one attached hydrogen (secondary N) is 1. The van der Waals surface area contributed by atoms with Crippen molar-refractivity contribution in [2.24, 2.45) is 0 Å². The van der Waals surface area contributed by atoms with Gasteiger partial charge in [0, 0.05) is 33.7 Å². The largest absolute Gasteiger partial charge is 0.454 e. The summed E-state index contributed by atoms with van der Waals surface area (Å²) in [4.78, 5) is 26.1. The predicted molar refractivity (Wildman–Crippen MR) is 99.5 cm³/mol. The average Bonchev–Trinajstić information content (AvgIpc) is 3.12. The minimum Gasteiger partial charge on any atom is -0.454 e. The zero-order valence-electron chi connectivity index (χ0n) is 13.7. The van der Waals surface area contributed by atoms with Crippen molar-refractivity contribution in [1.82, 2.24) is 5.32 Å². The Balaban J connectivity index is 1.71. The van der Waals surface area contributed by atoms with E-state index in [1.165, 1.54) is 6.92 Å². The molecule has 0 saturated carbocycles. The van der Waals surface area contributed by atoms with Gasteiger partial charge in [0.15, 0.2) is 11.5 Å². The van der Waals surface area contributed by atoms with E-state index in [1.807, 2.05) is 18.2 Å². The van der Waals surface area contributed by atoms with Crippen molar-refractivity contribution < 1.29 is 19.1 Å². The standard InChI is InChI=1S/C18H14BrClN2O4/c1-9(23)21-17-12-5-11(19)2-3-14(12)22(18(17)24)7-10-4-15-16(6-13(10)20)26-8-25-15/h2-6,17H,7-8H2,1H3,(H,21,23)/t17-/m1/s1. The summed E-state index contributed by atoms with van der Waals surface area (Å²) in [6.45, 7) is 1.81. The molecule has 0 aliphatic carbocycles. The fourth-order valence-corrected chi connectivity index (χ4v) is 3.76. The molecule has 0 spiro atoms. The lowest BCUT2D eigenvalue weighted by Gasteiger charge is -2.19. The molecule has 2 aromatic rings. The maximum Gasteiger partial charge on any atom is 0.254 e. The topological polar surface area (TPSA) is 67.9 Å². The Bertz CT molecular complexity index is 934. The third-order valence-corrected chi connectivity index (χ3v) is 5.17. The van der Waals surface area contributed by atoms with Gasteiger partial charge in [0.05, 0.1) is 6.54 Å². The highest BCUT2D eigenvalue weighted by molar-refractivity contribution is 9.10. The van der Waals surface area contributed by atoms with E-state index >= 15 is 0 Å². The first-order valence-corrected chi connectivity index (χ1v) is 9.07. The van der Waals surface area contributed by atoms with Crippen LogP contribution in [-0.2, 0) is 16.1 Å². The molecule has 134 valence electrons. The van der Waals surface area contributed by atoms with Crippen LogP contribution in [0.1, 0.15) is 24.1 Å². The Morgan fingerprint density at radius 1 is 1.31 bits per heavy atom. The number of carbonyl (C=O) groups is 2. The maximum atomic E-state index is 13.0. The van der Waals surface area contributed by atoms with Crippen molar-refractivity contribution in [2.45, 2.75) is 19.5 Å². The number of anilines is 1. The van der Waals surface area contributed by atoms with Gasteiger partial charge in [-0.15, -0.1) is 0 Å². The molecular formula is C18H14BrClN2O4. The van der Waals surface area contributed by atoms with Gasteiger partial charge in [-0.1, -0.05) is 27.5 Å². The minimum atomic E-state index is -0.715. The molecule has 0 saturated heterocycles. The van der Waals surface area contributed by atoms with Crippen LogP contribution in [0.25, 0.3) is 0 Å². The van der Waals surface area contributed by atoms with Crippen LogP contribution >= 0.6 is 27.5 Å². The van der Waals surface area contributed by atoms with Gasteiger partial charge < -0.3 is 19.7 Å². The van der Waals surface area contributed by atoms with Gasteiger partial charge in [-0.05, 0) is 29.8 Å². The monoisotopic (exact) mass is 436 g/mol. The molecule has 2 aliphatic rings. The summed E-state index contributed by atoms with van der Waals surface area (Å²) in [6.07, 6.45) is 0. The van der Waals surface area contributed by atoms with E-state index in [0.29, 0.717) is 16.5 Å². The van der Waals surface area contributed by atoms with Gasteiger partial charge >= 0.3 is 0 Å². The van der Waals surface area contributed by atoms with Crippen molar-refractivity contribution in [3.8, 4) is 11.5 Å². The van der Waals surface area contributed by atoms with Crippen LogP contribution in [0.4, 0.5) is 5.69 Å². The Hall–Kier alpha value is -2.25. The lowest BCUT2D eigenvalue weighted by molar-refractivity contribution is -0.126. The maximum absolute atomic E-state index is 13.0. The number of fused-ring (bicyclic) bond motifs is 2. The summed E-state index contributed by atoms with van der Waals surface area (Å²) in [5.74, 6) is 0.719. The second kappa shape index (κ2) is 6.48. The lowest BCUT2D eigenvalue weighted by atomic mass is 10.1. The summed E-state index contributed by atoms with van der Waals surface area (Å²) in [7, 11) is 0. The molecule has 4 rings (SSSR count). The number of amides is 2. The summed E-state index contributed by atoms with van der Waals surface area (Å²) in [6, 6.07) is 8.30. The van der Waals surface area contributed by atoms with Crippen molar-refractivity contribution in [2.75, 3.05) is 11.7 Å². The Morgan fingerprint density at radius 3 is 2.77 bits per heavy atom. The fraction of sp³-hybridized carbons (Fsp3) is 0.222. The third kappa shape index (κ3) is 2.91. The van der Waals surface area contributed by atoms with E-state index in [-0.39, 0.29) is 25.2 Å². The molecule has 2 aromatic carbocycles. The molecule has 0 radical (unpaired) electrons. The zero-order valence-corrected chi connectivity index (χ0v) is 16.1. The number of rotatable bonds is 3. The summed E-state index contributed by atoms with van der Waals surface area (Å²) in [5.41, 5.74) is 2.23. The van der Waals surface area contributed by atoms with Crippen molar-refractivity contribution in [3.05, 3.63) is 51.0 Å². The highest BCUT2D eigenvalue weighted by atomic mass is 79.9. The molecule has 0 unspecified atom stereocenters.